The molecule has 1 nitrogen and oxygen atoms in total. The smallest absolute Gasteiger partial charge is 0.142 e. The Hall–Kier alpha value is -0.590. The molecule has 1 heteroatoms. The van der Waals surface area contributed by atoms with Gasteiger partial charge in [-0.05, 0) is 111 Å². The Labute approximate surface area is 199 Å². The van der Waals surface area contributed by atoms with Crippen molar-refractivity contribution >= 4 is 5.78 Å². The van der Waals surface area contributed by atoms with Gasteiger partial charge in [0.05, 0.1) is 0 Å². The van der Waals surface area contributed by atoms with E-state index in [-0.39, 0.29) is 10.8 Å². The maximum atomic E-state index is 12.8. The number of fused-ring (bicyclic) bond motifs is 5. The summed E-state index contributed by atoms with van der Waals surface area (Å²) >= 11 is 0. The van der Waals surface area contributed by atoms with Crippen LogP contribution < -0.4 is 0 Å². The molecule has 3 fully saturated rings. The summed E-state index contributed by atoms with van der Waals surface area (Å²) in [6, 6.07) is 0. The molecule has 3 saturated carbocycles. The molecule has 0 N–H and O–H groups in total. The largest absolute Gasteiger partial charge is 0.299 e. The Morgan fingerprint density at radius 3 is 2.34 bits per heavy atom. The van der Waals surface area contributed by atoms with Crippen LogP contribution >= 0.6 is 0 Å². The van der Waals surface area contributed by atoms with Gasteiger partial charge in [0.1, 0.15) is 5.78 Å². The zero-order chi connectivity index (χ0) is 23.5. The van der Waals surface area contributed by atoms with Gasteiger partial charge in [-0.1, -0.05) is 66.0 Å². The quantitative estimate of drug-likeness (QED) is 0.377. The summed E-state index contributed by atoms with van der Waals surface area (Å²) in [5.41, 5.74) is 2.07. The minimum Gasteiger partial charge on any atom is -0.299 e. The van der Waals surface area contributed by atoms with Crippen molar-refractivity contribution in [2.75, 3.05) is 0 Å². The van der Waals surface area contributed by atoms with E-state index in [0.29, 0.717) is 11.2 Å². The Morgan fingerprint density at radius 2 is 1.69 bits per heavy atom. The molecule has 8 unspecified atom stereocenters. The zero-order valence-corrected chi connectivity index (χ0v) is 22.6. The van der Waals surface area contributed by atoms with Crippen LogP contribution in [0.5, 0.6) is 0 Å². The van der Waals surface area contributed by atoms with E-state index in [1.165, 1.54) is 56.9 Å². The van der Waals surface area contributed by atoms with Crippen molar-refractivity contribution in [3.05, 3.63) is 11.6 Å². The van der Waals surface area contributed by atoms with Gasteiger partial charge in [0.25, 0.3) is 0 Å². The molecule has 8 atom stereocenters. The number of hydrogen-bond donors (Lipinski definition) is 0. The minimum absolute atomic E-state index is 0.238. The van der Waals surface area contributed by atoms with E-state index in [1.807, 2.05) is 0 Å². The van der Waals surface area contributed by atoms with E-state index in [1.54, 1.807) is 0 Å². The average Bonchev–Trinajstić information content (AvgIpc) is 3.08. The monoisotopic (exact) mass is 440 g/mol. The van der Waals surface area contributed by atoms with Gasteiger partial charge in [-0.3, -0.25) is 4.79 Å². The molecule has 0 spiro atoms. The predicted molar refractivity (Wildman–Crippen MR) is 136 cm³/mol. The number of hydrogen-bond acceptors (Lipinski definition) is 1. The molecule has 0 bridgehead atoms. The number of ketones is 1. The van der Waals surface area contributed by atoms with Crippen molar-refractivity contribution in [2.24, 2.45) is 57.7 Å². The first-order valence-corrected chi connectivity index (χ1v) is 14.2. The zero-order valence-electron chi connectivity index (χ0n) is 22.6. The van der Waals surface area contributed by atoms with Gasteiger partial charge in [-0.15, -0.1) is 0 Å². The predicted octanol–water partition coefficient (Wildman–Crippen LogP) is 8.87. The third kappa shape index (κ3) is 3.67. The van der Waals surface area contributed by atoms with Crippen molar-refractivity contribution in [1.29, 1.82) is 0 Å². The summed E-state index contributed by atoms with van der Waals surface area (Å²) in [7, 11) is 0. The Morgan fingerprint density at radius 1 is 0.969 bits per heavy atom. The molecule has 4 rings (SSSR count). The number of carbonyl (C=O) groups is 1. The lowest BCUT2D eigenvalue weighted by Crippen LogP contribution is -2.53. The van der Waals surface area contributed by atoms with Gasteiger partial charge in [0.2, 0.25) is 0 Å². The SMILES string of the molecule is CCC(CCC(C)C1CCC2C3CC=C4C(C)(C)C(=O)CCC4(C)C3CCC12C)C(C)C. The number of Topliss-reactive ketones (excluding diaryl/α,β-unsaturated/α-hetero) is 1. The van der Waals surface area contributed by atoms with Crippen molar-refractivity contribution in [2.45, 2.75) is 120 Å². The highest BCUT2D eigenvalue weighted by Gasteiger charge is 2.61. The molecule has 0 radical (unpaired) electrons. The van der Waals surface area contributed by atoms with E-state index in [9.17, 15) is 4.79 Å². The number of allylic oxidation sites excluding steroid dienone is 2. The van der Waals surface area contributed by atoms with Gasteiger partial charge in [0.15, 0.2) is 0 Å². The molecule has 0 aliphatic heterocycles. The van der Waals surface area contributed by atoms with Crippen LogP contribution in [0, 0.1) is 57.7 Å². The highest BCUT2D eigenvalue weighted by Crippen LogP contribution is 2.68. The third-order valence-electron chi connectivity index (χ3n) is 11.9. The molecule has 4 aliphatic carbocycles. The maximum Gasteiger partial charge on any atom is 0.142 e. The van der Waals surface area contributed by atoms with Crippen LogP contribution in [0.3, 0.4) is 0 Å². The highest BCUT2D eigenvalue weighted by atomic mass is 16.1. The highest BCUT2D eigenvalue weighted by molar-refractivity contribution is 5.89. The van der Waals surface area contributed by atoms with Crippen molar-refractivity contribution < 1.29 is 4.79 Å². The number of rotatable bonds is 6. The van der Waals surface area contributed by atoms with Crippen molar-refractivity contribution in [3.8, 4) is 0 Å². The van der Waals surface area contributed by atoms with Crippen LogP contribution in [0.15, 0.2) is 11.6 Å². The van der Waals surface area contributed by atoms with Gasteiger partial charge in [-0.25, -0.2) is 0 Å². The Kier molecular flexibility index (Phi) is 6.57. The topological polar surface area (TPSA) is 17.1 Å². The second-order valence-corrected chi connectivity index (χ2v) is 13.9. The average molecular weight is 441 g/mol. The summed E-state index contributed by atoms with van der Waals surface area (Å²) in [5.74, 6) is 6.53. The van der Waals surface area contributed by atoms with Crippen LogP contribution in [-0.2, 0) is 4.79 Å². The van der Waals surface area contributed by atoms with Crippen LogP contribution in [0.1, 0.15) is 120 Å². The molecule has 0 saturated heterocycles. The first kappa shape index (κ1) is 24.5. The molecule has 0 aromatic carbocycles. The fourth-order valence-corrected chi connectivity index (χ4v) is 9.88. The summed E-state index contributed by atoms with van der Waals surface area (Å²) in [4.78, 5) is 12.8. The lowest BCUT2D eigenvalue weighted by Gasteiger charge is -2.60. The van der Waals surface area contributed by atoms with E-state index in [0.717, 1.165) is 54.3 Å². The summed E-state index contributed by atoms with van der Waals surface area (Å²) in [6.07, 6.45) is 15.6. The maximum absolute atomic E-state index is 12.8. The molecule has 182 valence electrons. The van der Waals surface area contributed by atoms with Crippen molar-refractivity contribution in [3.63, 3.8) is 0 Å². The van der Waals surface area contributed by atoms with Crippen LogP contribution in [0.4, 0.5) is 0 Å². The second-order valence-electron chi connectivity index (χ2n) is 13.9. The van der Waals surface area contributed by atoms with Gasteiger partial charge in [0, 0.05) is 11.8 Å². The first-order valence-electron chi connectivity index (χ1n) is 14.2. The van der Waals surface area contributed by atoms with Crippen LogP contribution in [-0.4, -0.2) is 5.78 Å². The minimum atomic E-state index is -0.238. The summed E-state index contributed by atoms with van der Waals surface area (Å²) in [5, 5.41) is 0. The molecule has 4 aliphatic rings. The molecule has 32 heavy (non-hydrogen) atoms. The van der Waals surface area contributed by atoms with E-state index >= 15 is 0 Å². The lowest BCUT2D eigenvalue weighted by molar-refractivity contribution is -0.132. The molecule has 0 aromatic rings. The molecular weight excluding hydrogens is 388 g/mol. The fraction of sp³-hybridized carbons (Fsp3) is 0.903. The summed E-state index contributed by atoms with van der Waals surface area (Å²) < 4.78 is 0. The first-order chi connectivity index (χ1) is 15.0. The standard InChI is InChI=1S/C31H52O/c1-9-22(20(2)3)11-10-21(4)24-13-14-25-23-12-15-27-29(5,6)28(32)17-19-31(27,8)26(23)16-18-30(24,25)7/h15,20-26H,9-14,16-19H2,1-8H3. The van der Waals surface area contributed by atoms with Crippen LogP contribution in [0.25, 0.3) is 0 Å². The molecule has 0 aromatic heterocycles. The van der Waals surface area contributed by atoms with Gasteiger partial charge in [-0.2, -0.15) is 0 Å². The fourth-order valence-electron chi connectivity index (χ4n) is 9.88. The van der Waals surface area contributed by atoms with E-state index < -0.39 is 0 Å². The van der Waals surface area contributed by atoms with Gasteiger partial charge < -0.3 is 0 Å². The summed E-state index contributed by atoms with van der Waals surface area (Å²) in [6.45, 7) is 19.5. The third-order valence-corrected chi connectivity index (χ3v) is 11.9. The molecule has 0 heterocycles. The Bertz CT molecular complexity index is 744. The molecular formula is C31H52O. The van der Waals surface area contributed by atoms with E-state index in [2.05, 4.69) is 61.5 Å². The molecule has 0 amide bonds. The number of carbonyl (C=O) groups excluding carboxylic acids is 1. The van der Waals surface area contributed by atoms with Crippen molar-refractivity contribution in [1.82, 2.24) is 0 Å². The van der Waals surface area contributed by atoms with Crippen LogP contribution in [0.2, 0.25) is 0 Å². The second kappa shape index (κ2) is 8.57. The van der Waals surface area contributed by atoms with E-state index in [4.69, 9.17) is 0 Å². The Balaban J connectivity index is 1.52. The van der Waals surface area contributed by atoms with Gasteiger partial charge >= 0.3 is 0 Å². The lowest BCUT2D eigenvalue weighted by atomic mass is 9.44. The normalized spacial score (nSPS) is 42.7.